The molecule has 0 saturated carbocycles. The van der Waals surface area contributed by atoms with Crippen LogP contribution in [0.1, 0.15) is 0 Å². The van der Waals surface area contributed by atoms with Crippen LogP contribution in [-0.4, -0.2) is 18.3 Å². The van der Waals surface area contributed by atoms with Crippen molar-refractivity contribution < 1.29 is 74.4 Å². The molecule has 0 fully saturated rings. The van der Waals surface area contributed by atoms with Crippen LogP contribution >= 0.6 is 0 Å². The molecular formula is H4BCdO5W-3. The van der Waals surface area contributed by atoms with E-state index in [0.29, 0.717) is 0 Å². The van der Waals surface area contributed by atoms with Gasteiger partial charge in [0.1, 0.15) is 0 Å². The Balaban J connectivity index is -0.00000000750. The number of hydrogen-bond acceptors (Lipinski definition) is 3. The fourth-order valence-electron chi connectivity index (χ4n) is 0. The van der Waals surface area contributed by atoms with E-state index in [4.69, 9.17) is 15.1 Å². The molecule has 5 nitrogen and oxygen atoms in total. The van der Waals surface area contributed by atoms with Crippen molar-refractivity contribution in [3.63, 3.8) is 0 Å². The summed E-state index contributed by atoms with van der Waals surface area (Å²) in [6.45, 7) is 0. The first-order chi connectivity index (χ1) is 1.73. The molecule has 0 aromatic heterocycles. The molecule has 0 spiro atoms. The summed E-state index contributed by atoms with van der Waals surface area (Å²) in [5.41, 5.74) is 0. The Morgan fingerprint density at radius 2 is 0.875 bits per heavy atom. The van der Waals surface area contributed by atoms with Gasteiger partial charge < -0.3 is 26.0 Å². The minimum atomic E-state index is -2.92. The molecule has 48 valence electrons. The molecule has 0 bridgehead atoms. The van der Waals surface area contributed by atoms with E-state index >= 15 is 0 Å². The van der Waals surface area contributed by atoms with Crippen LogP contribution in [0.4, 0.5) is 0 Å². The molecule has 0 unspecified atom stereocenters. The van der Waals surface area contributed by atoms with Gasteiger partial charge in [0, 0.05) is 48.4 Å². The maximum atomic E-state index is 8.42. The fourth-order valence-corrected chi connectivity index (χ4v) is 0. The first-order valence-electron chi connectivity index (χ1n) is 0.707. The van der Waals surface area contributed by atoms with Crippen LogP contribution in [0.5, 0.6) is 0 Å². The zero-order chi connectivity index (χ0) is 3.58. The Hall–Kier alpha value is 1.48. The topological polar surface area (TPSA) is 132 Å². The second-order valence-corrected chi connectivity index (χ2v) is 0.289. The first-order valence-corrected chi connectivity index (χ1v) is 0.707. The summed E-state index contributed by atoms with van der Waals surface area (Å²) in [7, 11) is -2.92. The van der Waals surface area contributed by atoms with E-state index in [-0.39, 0.29) is 59.3 Å². The zero-order valence-corrected chi connectivity index (χ0v) is 10.9. The monoisotopic (exact) mass is 393 g/mol. The van der Waals surface area contributed by atoms with E-state index in [2.05, 4.69) is 0 Å². The van der Waals surface area contributed by atoms with Gasteiger partial charge in [0.15, 0.2) is 0 Å². The fraction of sp³-hybridized carbons (Fsp3) is 0. The van der Waals surface area contributed by atoms with Gasteiger partial charge in [-0.25, -0.2) is 0 Å². The van der Waals surface area contributed by atoms with E-state index in [9.17, 15) is 0 Å². The molecule has 4 N–H and O–H groups in total. The molecule has 0 aliphatic carbocycles. The van der Waals surface area contributed by atoms with Crippen LogP contribution in [0, 0.1) is 0 Å². The number of rotatable bonds is 0. The average Bonchev–Trinajstić information content (AvgIpc) is 0.811. The van der Waals surface area contributed by atoms with Crippen LogP contribution < -0.4 is 15.1 Å². The Morgan fingerprint density at radius 1 is 0.875 bits per heavy atom. The summed E-state index contributed by atoms with van der Waals surface area (Å²) in [6.07, 6.45) is 0. The van der Waals surface area contributed by atoms with Crippen LogP contribution in [0.15, 0.2) is 0 Å². The standard InChI is InChI=1S/BO3.Cd.2H2O.W/c2-1(3)4;;;;/h;;2*1H2;/q-3;;;;. The molecule has 0 atom stereocenters. The molecule has 0 amide bonds. The van der Waals surface area contributed by atoms with Crippen molar-refractivity contribution in [3.8, 4) is 0 Å². The van der Waals surface area contributed by atoms with Crippen molar-refractivity contribution in [2.75, 3.05) is 0 Å². The van der Waals surface area contributed by atoms with Gasteiger partial charge in [-0.3, -0.25) is 7.32 Å². The minimum absolute atomic E-state index is 0. The predicted octanol–water partition coefficient (Wildman–Crippen LogP) is -5.60. The Kier molecular flexibility index (Phi) is 100. The normalized spacial score (nSPS) is 3.38. The summed E-state index contributed by atoms with van der Waals surface area (Å²) in [5, 5.41) is 25.2. The molecule has 0 aromatic rings. The van der Waals surface area contributed by atoms with E-state index in [0.717, 1.165) is 0 Å². The first kappa shape index (κ1) is 34.0. The summed E-state index contributed by atoms with van der Waals surface area (Å²) < 4.78 is 0. The molecule has 0 radical (unpaired) electrons. The average molecular weight is 391 g/mol. The smallest absolute Gasteiger partial charge is 0 e. The zero-order valence-electron chi connectivity index (χ0n) is 3.92. The third-order valence-electron chi connectivity index (χ3n) is 0. The molecule has 0 aromatic carbocycles. The second-order valence-electron chi connectivity index (χ2n) is 0.289. The van der Waals surface area contributed by atoms with Gasteiger partial charge in [0.2, 0.25) is 0 Å². The van der Waals surface area contributed by atoms with Crippen LogP contribution in [0.2, 0.25) is 0 Å². The van der Waals surface area contributed by atoms with Gasteiger partial charge in [-0.2, -0.15) is 0 Å². The van der Waals surface area contributed by atoms with Crippen LogP contribution in [0.25, 0.3) is 0 Å². The van der Waals surface area contributed by atoms with E-state index < -0.39 is 7.32 Å². The molecule has 8 heteroatoms. The van der Waals surface area contributed by atoms with Crippen LogP contribution in [0.3, 0.4) is 0 Å². The molecule has 0 rings (SSSR count). The predicted molar refractivity (Wildman–Crippen MR) is 13.0 cm³/mol. The Morgan fingerprint density at radius 3 is 0.875 bits per heavy atom. The van der Waals surface area contributed by atoms with E-state index in [1.165, 1.54) is 0 Å². The Bertz CT molecular complexity index is 17.1. The third kappa shape index (κ3) is 144. The second kappa shape index (κ2) is 23.6. The van der Waals surface area contributed by atoms with Crippen LogP contribution in [-0.2, 0) is 48.4 Å². The van der Waals surface area contributed by atoms with E-state index in [1.807, 2.05) is 0 Å². The van der Waals surface area contributed by atoms with Gasteiger partial charge in [0.25, 0.3) is 0 Å². The molecule has 0 saturated heterocycles. The van der Waals surface area contributed by atoms with Gasteiger partial charge in [0.05, 0.1) is 0 Å². The molecule has 0 heterocycles. The minimum Gasteiger partial charge on any atom is -0.907 e. The van der Waals surface area contributed by atoms with Crippen molar-refractivity contribution >= 4 is 7.32 Å². The molecular weight excluding hydrogens is 387 g/mol. The summed E-state index contributed by atoms with van der Waals surface area (Å²) >= 11 is 0. The summed E-state index contributed by atoms with van der Waals surface area (Å²) in [4.78, 5) is 0. The van der Waals surface area contributed by atoms with Crippen molar-refractivity contribution in [2.24, 2.45) is 0 Å². The van der Waals surface area contributed by atoms with Crippen molar-refractivity contribution in [3.05, 3.63) is 0 Å². The quantitative estimate of drug-likeness (QED) is 0.382. The summed E-state index contributed by atoms with van der Waals surface area (Å²) in [6, 6.07) is 0. The summed E-state index contributed by atoms with van der Waals surface area (Å²) in [5.74, 6) is 0. The maximum Gasteiger partial charge on any atom is 0 e. The van der Waals surface area contributed by atoms with Gasteiger partial charge in [-0.1, -0.05) is 0 Å². The molecule has 0 aliphatic rings. The largest absolute Gasteiger partial charge is 0.907 e. The van der Waals surface area contributed by atoms with Gasteiger partial charge >= 0.3 is 0 Å². The SMILES string of the molecule is O.O.[Cd].[O-]B([O-])[O-].[W]. The van der Waals surface area contributed by atoms with Crippen molar-refractivity contribution in [2.45, 2.75) is 0 Å². The van der Waals surface area contributed by atoms with E-state index in [1.54, 1.807) is 0 Å². The molecule has 8 heavy (non-hydrogen) atoms. The van der Waals surface area contributed by atoms with Gasteiger partial charge in [-0.15, -0.1) is 0 Å². The van der Waals surface area contributed by atoms with Crippen molar-refractivity contribution in [1.82, 2.24) is 0 Å². The van der Waals surface area contributed by atoms with Crippen molar-refractivity contribution in [1.29, 1.82) is 0 Å². The third-order valence-corrected chi connectivity index (χ3v) is 0. The molecule has 0 aliphatic heterocycles. The number of hydrogen-bond donors (Lipinski definition) is 0. The maximum absolute atomic E-state index is 8.42. The Labute approximate surface area is 81.3 Å². The van der Waals surface area contributed by atoms with Gasteiger partial charge in [-0.05, 0) is 0 Å².